The summed E-state index contributed by atoms with van der Waals surface area (Å²) < 4.78 is 7.10. The average Bonchev–Trinajstić information content (AvgIpc) is 2.75. The minimum atomic E-state index is -0.493. The van der Waals surface area contributed by atoms with Gasteiger partial charge in [-0.2, -0.15) is 5.10 Å². The molecule has 0 aliphatic heterocycles. The van der Waals surface area contributed by atoms with Gasteiger partial charge in [-0.3, -0.25) is 9.67 Å². The Balaban J connectivity index is 0.00000676. The predicted octanol–water partition coefficient (Wildman–Crippen LogP) is 2.28. The summed E-state index contributed by atoms with van der Waals surface area (Å²) in [7, 11) is 3.69. The molecule has 0 fully saturated rings. The quantitative estimate of drug-likeness (QED) is 0.244. The molecule has 0 aliphatic rings. The molecule has 0 spiro atoms. The van der Waals surface area contributed by atoms with Crippen LogP contribution in [0.15, 0.2) is 4.99 Å². The van der Waals surface area contributed by atoms with E-state index >= 15 is 0 Å². The number of halogens is 1. The Bertz CT molecular complexity index is 637. The molecule has 8 nitrogen and oxygen atoms in total. The number of alkyl carbamates (subject to hydrolysis) is 1. The lowest BCUT2D eigenvalue weighted by Gasteiger charge is -2.20. The summed E-state index contributed by atoms with van der Waals surface area (Å²) in [4.78, 5) is 15.8. The summed E-state index contributed by atoms with van der Waals surface area (Å²) in [6, 6.07) is 0.196. The molecule has 0 aromatic carbocycles. The van der Waals surface area contributed by atoms with E-state index in [9.17, 15) is 4.79 Å². The van der Waals surface area contributed by atoms with E-state index in [1.165, 1.54) is 11.3 Å². The van der Waals surface area contributed by atoms with Gasteiger partial charge in [-0.05, 0) is 53.5 Å². The van der Waals surface area contributed by atoms with Crippen LogP contribution in [0.1, 0.15) is 44.6 Å². The summed E-state index contributed by atoms with van der Waals surface area (Å²) in [6.45, 7) is 12.7. The first-order chi connectivity index (χ1) is 12.0. The average molecular weight is 494 g/mol. The van der Waals surface area contributed by atoms with Crippen LogP contribution in [0.4, 0.5) is 4.79 Å². The zero-order valence-corrected chi connectivity index (χ0v) is 20.1. The van der Waals surface area contributed by atoms with Gasteiger partial charge in [-0.15, -0.1) is 24.0 Å². The van der Waals surface area contributed by atoms with E-state index in [2.05, 4.69) is 39.9 Å². The number of aromatic nitrogens is 2. The van der Waals surface area contributed by atoms with Gasteiger partial charge in [0, 0.05) is 38.9 Å². The van der Waals surface area contributed by atoms with Gasteiger partial charge >= 0.3 is 6.09 Å². The van der Waals surface area contributed by atoms with Crippen molar-refractivity contribution in [2.75, 3.05) is 20.1 Å². The first-order valence-electron chi connectivity index (χ1n) is 8.96. The Labute approximate surface area is 179 Å². The van der Waals surface area contributed by atoms with Gasteiger partial charge in [-0.25, -0.2) is 4.79 Å². The second-order valence-corrected chi connectivity index (χ2v) is 7.45. The highest BCUT2D eigenvalue weighted by Gasteiger charge is 2.16. The van der Waals surface area contributed by atoms with E-state index < -0.39 is 11.7 Å². The smallest absolute Gasteiger partial charge is 0.407 e. The summed E-state index contributed by atoms with van der Waals surface area (Å²) >= 11 is 0. The maximum Gasteiger partial charge on any atom is 0.407 e. The Kier molecular flexibility index (Phi) is 10.7. The molecule has 1 heterocycles. The molecule has 27 heavy (non-hydrogen) atoms. The molecule has 0 radical (unpaired) electrons. The van der Waals surface area contributed by atoms with Crippen LogP contribution in [0.25, 0.3) is 0 Å². The SMILES string of the molecule is CN=C(NCCNC(=O)OC(C)(C)C)NC(C)Cc1c(C)nn(C)c1C.I. The molecule has 1 aromatic rings. The fourth-order valence-electron chi connectivity index (χ4n) is 2.56. The van der Waals surface area contributed by atoms with E-state index in [1.807, 2.05) is 39.4 Å². The van der Waals surface area contributed by atoms with Crippen molar-refractivity contribution in [1.82, 2.24) is 25.7 Å². The molecular weight excluding hydrogens is 459 g/mol. The van der Waals surface area contributed by atoms with Crippen LogP contribution in [0.2, 0.25) is 0 Å². The van der Waals surface area contributed by atoms with Crippen LogP contribution in [-0.4, -0.2) is 53.6 Å². The molecule has 1 aromatic heterocycles. The van der Waals surface area contributed by atoms with Crippen LogP contribution in [0.3, 0.4) is 0 Å². The minimum Gasteiger partial charge on any atom is -0.444 e. The van der Waals surface area contributed by atoms with Crippen LogP contribution >= 0.6 is 24.0 Å². The molecule has 0 saturated heterocycles. The number of rotatable bonds is 6. The largest absolute Gasteiger partial charge is 0.444 e. The summed E-state index contributed by atoms with van der Waals surface area (Å²) in [5.74, 6) is 0.697. The van der Waals surface area contributed by atoms with Crippen molar-refractivity contribution in [3.63, 3.8) is 0 Å². The molecule has 9 heteroatoms. The number of nitrogens with zero attached hydrogens (tertiary/aromatic N) is 3. The van der Waals surface area contributed by atoms with Crippen molar-refractivity contribution in [2.24, 2.45) is 12.0 Å². The van der Waals surface area contributed by atoms with Gasteiger partial charge in [0.2, 0.25) is 0 Å². The standard InChI is InChI=1S/C18H34N6O2.HI/c1-12(11-15-13(2)23-24(8)14(15)3)22-16(19-7)20-9-10-21-17(25)26-18(4,5)6;/h12H,9-11H2,1-8H3,(H,21,25)(H2,19,20,22);1H. The second kappa shape index (κ2) is 11.4. The molecule has 1 rings (SSSR count). The zero-order valence-electron chi connectivity index (χ0n) is 17.8. The van der Waals surface area contributed by atoms with E-state index in [1.54, 1.807) is 7.05 Å². The van der Waals surface area contributed by atoms with Crippen molar-refractivity contribution in [3.05, 3.63) is 17.0 Å². The van der Waals surface area contributed by atoms with Crippen LogP contribution in [-0.2, 0) is 18.2 Å². The van der Waals surface area contributed by atoms with Gasteiger partial charge in [0.05, 0.1) is 5.69 Å². The summed E-state index contributed by atoms with van der Waals surface area (Å²) in [5.41, 5.74) is 3.01. The Morgan fingerprint density at radius 1 is 1.26 bits per heavy atom. The minimum absolute atomic E-state index is 0. The number of carbonyl (C=O) groups is 1. The van der Waals surface area contributed by atoms with Crippen molar-refractivity contribution in [3.8, 4) is 0 Å². The maximum absolute atomic E-state index is 11.6. The normalized spacial score (nSPS) is 12.8. The Morgan fingerprint density at radius 3 is 2.33 bits per heavy atom. The van der Waals surface area contributed by atoms with Crippen molar-refractivity contribution >= 4 is 36.0 Å². The molecule has 0 saturated carbocycles. The van der Waals surface area contributed by atoms with Gasteiger partial charge in [0.15, 0.2) is 5.96 Å². The lowest BCUT2D eigenvalue weighted by Crippen LogP contribution is -2.45. The van der Waals surface area contributed by atoms with E-state index in [4.69, 9.17) is 4.74 Å². The highest BCUT2D eigenvalue weighted by Crippen LogP contribution is 2.14. The highest BCUT2D eigenvalue weighted by atomic mass is 127. The molecule has 3 N–H and O–H groups in total. The maximum atomic E-state index is 11.6. The third-order valence-corrected chi connectivity index (χ3v) is 3.86. The lowest BCUT2D eigenvalue weighted by atomic mass is 10.1. The fraction of sp³-hybridized carbons (Fsp3) is 0.722. The number of hydrogen-bond acceptors (Lipinski definition) is 4. The highest BCUT2D eigenvalue weighted by molar-refractivity contribution is 14.0. The van der Waals surface area contributed by atoms with Crippen molar-refractivity contribution < 1.29 is 9.53 Å². The van der Waals surface area contributed by atoms with E-state index in [0.717, 1.165) is 12.1 Å². The molecule has 156 valence electrons. The van der Waals surface area contributed by atoms with Crippen LogP contribution in [0, 0.1) is 13.8 Å². The summed E-state index contributed by atoms with van der Waals surface area (Å²) in [6.07, 6.45) is 0.445. The molecular formula is C18H35IN6O2. The third kappa shape index (κ3) is 9.30. The fourth-order valence-corrected chi connectivity index (χ4v) is 2.56. The molecule has 0 bridgehead atoms. The third-order valence-electron chi connectivity index (χ3n) is 3.86. The monoisotopic (exact) mass is 494 g/mol. The van der Waals surface area contributed by atoms with Gasteiger partial charge < -0.3 is 20.7 Å². The number of nitrogens with one attached hydrogen (secondary N) is 3. The van der Waals surface area contributed by atoms with Crippen molar-refractivity contribution in [1.29, 1.82) is 0 Å². The van der Waals surface area contributed by atoms with E-state index in [-0.39, 0.29) is 30.0 Å². The zero-order chi connectivity index (χ0) is 19.9. The first-order valence-corrected chi connectivity index (χ1v) is 8.96. The van der Waals surface area contributed by atoms with Gasteiger partial charge in [0.1, 0.15) is 5.60 Å². The second-order valence-electron chi connectivity index (χ2n) is 7.45. The van der Waals surface area contributed by atoms with Crippen LogP contribution in [0.5, 0.6) is 0 Å². The first kappa shape index (κ1) is 25.5. The number of aliphatic imine (C=N–C) groups is 1. The topological polar surface area (TPSA) is 92.6 Å². The number of hydrogen-bond donors (Lipinski definition) is 3. The van der Waals surface area contributed by atoms with E-state index in [0.29, 0.717) is 19.0 Å². The van der Waals surface area contributed by atoms with Crippen molar-refractivity contribution in [2.45, 2.75) is 59.6 Å². The Hall–Kier alpha value is -1.52. The van der Waals surface area contributed by atoms with Gasteiger partial charge in [0.25, 0.3) is 0 Å². The summed E-state index contributed by atoms with van der Waals surface area (Å²) in [5, 5.41) is 13.7. The molecule has 1 amide bonds. The number of carbonyl (C=O) groups excluding carboxylic acids is 1. The van der Waals surface area contributed by atoms with Gasteiger partial charge in [-0.1, -0.05) is 0 Å². The van der Waals surface area contributed by atoms with Crippen LogP contribution < -0.4 is 16.0 Å². The molecule has 1 atom stereocenters. The number of guanidine groups is 1. The predicted molar refractivity (Wildman–Crippen MR) is 120 cm³/mol. The lowest BCUT2D eigenvalue weighted by molar-refractivity contribution is 0.0529. The number of ether oxygens (including phenoxy) is 1. The number of amides is 1. The molecule has 0 aliphatic carbocycles. The molecule has 1 unspecified atom stereocenters. The number of aryl methyl sites for hydroxylation is 2. The Morgan fingerprint density at radius 2 is 1.85 bits per heavy atom.